The monoisotopic (exact) mass is 222 g/mol. The third-order valence-electron chi connectivity index (χ3n) is 3.09. The summed E-state index contributed by atoms with van der Waals surface area (Å²) in [5.74, 6) is 0.899. The Kier molecular flexibility index (Phi) is 2.90. The summed E-state index contributed by atoms with van der Waals surface area (Å²) in [5.41, 5.74) is -0.543. The van der Waals surface area contributed by atoms with Crippen LogP contribution in [0, 0.1) is 6.92 Å². The lowest BCUT2D eigenvalue weighted by Gasteiger charge is -2.34. The van der Waals surface area contributed by atoms with Gasteiger partial charge in [0, 0.05) is 32.1 Å². The summed E-state index contributed by atoms with van der Waals surface area (Å²) in [6.45, 7) is 3.08. The molecule has 2 heterocycles. The molecule has 1 saturated heterocycles. The fourth-order valence-electron chi connectivity index (χ4n) is 2.02. The molecular weight excluding hydrogens is 207 g/mol. The van der Waals surface area contributed by atoms with Crippen LogP contribution in [-0.4, -0.2) is 30.0 Å². The maximum atomic E-state index is 13.7. The first-order valence-corrected chi connectivity index (χ1v) is 5.46. The Labute approximate surface area is 94.3 Å². The highest BCUT2D eigenvalue weighted by Crippen LogP contribution is 2.28. The molecule has 2 rings (SSSR count). The molecule has 4 heteroatoms. The molecule has 0 spiro atoms. The Morgan fingerprint density at radius 3 is 2.75 bits per heavy atom. The second-order valence-electron chi connectivity index (χ2n) is 4.28. The number of carbonyl (C=O) groups excluding carboxylic acids is 1. The van der Waals surface area contributed by atoms with E-state index in [2.05, 4.69) is 4.98 Å². The minimum Gasteiger partial charge on any atom is -0.356 e. The van der Waals surface area contributed by atoms with Gasteiger partial charge in [0.15, 0.2) is 12.0 Å². The van der Waals surface area contributed by atoms with E-state index in [-0.39, 0.29) is 12.8 Å². The Bertz CT molecular complexity index is 386. The van der Waals surface area contributed by atoms with Crippen molar-refractivity contribution in [3.63, 3.8) is 0 Å². The molecule has 0 aliphatic carbocycles. The average Bonchev–Trinajstić information content (AvgIpc) is 2.31. The predicted octanol–water partition coefficient (Wildman–Crippen LogP) is 1.90. The van der Waals surface area contributed by atoms with Crippen LogP contribution in [0.1, 0.15) is 18.4 Å². The van der Waals surface area contributed by atoms with Gasteiger partial charge in [0.25, 0.3) is 0 Å². The lowest BCUT2D eigenvalue weighted by atomic mass is 9.95. The zero-order valence-electron chi connectivity index (χ0n) is 9.32. The zero-order valence-corrected chi connectivity index (χ0v) is 9.32. The molecule has 86 valence electrons. The molecule has 1 aliphatic heterocycles. The van der Waals surface area contributed by atoms with Crippen LogP contribution >= 0.6 is 0 Å². The number of halogens is 1. The minimum atomic E-state index is -1.63. The predicted molar refractivity (Wildman–Crippen MR) is 60.3 cm³/mol. The van der Waals surface area contributed by atoms with Gasteiger partial charge in [0.2, 0.25) is 0 Å². The number of aryl methyl sites for hydroxylation is 1. The van der Waals surface area contributed by atoms with Gasteiger partial charge in [-0.05, 0) is 18.6 Å². The van der Waals surface area contributed by atoms with Gasteiger partial charge >= 0.3 is 0 Å². The van der Waals surface area contributed by atoms with Crippen LogP contribution in [0.3, 0.4) is 0 Å². The Balaban J connectivity index is 2.10. The molecule has 0 unspecified atom stereocenters. The molecule has 16 heavy (non-hydrogen) atoms. The fourth-order valence-corrected chi connectivity index (χ4v) is 2.02. The van der Waals surface area contributed by atoms with Crippen LogP contribution in [-0.2, 0) is 4.79 Å². The molecule has 0 saturated carbocycles. The van der Waals surface area contributed by atoms with Crippen molar-refractivity contribution >= 4 is 12.1 Å². The van der Waals surface area contributed by atoms with Crippen molar-refractivity contribution in [1.29, 1.82) is 0 Å². The van der Waals surface area contributed by atoms with Gasteiger partial charge in [-0.1, -0.05) is 6.07 Å². The number of piperidine rings is 1. The molecule has 0 atom stereocenters. The minimum absolute atomic E-state index is 0.256. The number of nitrogens with zero attached hydrogens (tertiary/aromatic N) is 2. The number of pyridine rings is 1. The molecule has 1 aliphatic rings. The standard InChI is InChI=1S/C12H15FN2O/c1-10-3-2-6-14-11(10)15-7-4-12(13,9-16)5-8-15/h2-3,6,9H,4-5,7-8H2,1H3. The Morgan fingerprint density at radius 1 is 1.50 bits per heavy atom. The van der Waals surface area contributed by atoms with E-state index in [0.717, 1.165) is 11.4 Å². The van der Waals surface area contributed by atoms with E-state index in [9.17, 15) is 9.18 Å². The van der Waals surface area contributed by atoms with Crippen LogP contribution in [0.15, 0.2) is 18.3 Å². The number of hydrogen-bond donors (Lipinski definition) is 0. The lowest BCUT2D eigenvalue weighted by molar-refractivity contribution is -0.119. The van der Waals surface area contributed by atoms with E-state index in [4.69, 9.17) is 0 Å². The highest BCUT2D eigenvalue weighted by atomic mass is 19.1. The number of alkyl halides is 1. The van der Waals surface area contributed by atoms with Gasteiger partial charge in [0.05, 0.1) is 0 Å². The number of rotatable bonds is 2. The second kappa shape index (κ2) is 4.20. The normalized spacial score (nSPS) is 19.5. The maximum Gasteiger partial charge on any atom is 0.169 e. The fraction of sp³-hybridized carbons (Fsp3) is 0.500. The largest absolute Gasteiger partial charge is 0.356 e. The van der Waals surface area contributed by atoms with Crippen molar-refractivity contribution in [2.75, 3.05) is 18.0 Å². The van der Waals surface area contributed by atoms with Crippen LogP contribution in [0.4, 0.5) is 10.2 Å². The van der Waals surface area contributed by atoms with Crippen LogP contribution in [0.25, 0.3) is 0 Å². The number of aromatic nitrogens is 1. The second-order valence-corrected chi connectivity index (χ2v) is 4.28. The molecule has 0 N–H and O–H groups in total. The molecule has 0 bridgehead atoms. The van der Waals surface area contributed by atoms with Crippen molar-refractivity contribution in [3.8, 4) is 0 Å². The molecule has 3 nitrogen and oxygen atoms in total. The van der Waals surface area contributed by atoms with E-state index in [1.165, 1.54) is 0 Å². The number of carbonyl (C=O) groups is 1. The van der Waals surface area contributed by atoms with Crippen molar-refractivity contribution in [3.05, 3.63) is 23.9 Å². The third-order valence-corrected chi connectivity index (χ3v) is 3.09. The van der Waals surface area contributed by atoms with E-state index in [0.29, 0.717) is 19.4 Å². The summed E-state index contributed by atoms with van der Waals surface area (Å²) in [6.07, 6.45) is 2.69. The van der Waals surface area contributed by atoms with Crippen molar-refractivity contribution < 1.29 is 9.18 Å². The summed E-state index contributed by atoms with van der Waals surface area (Å²) < 4.78 is 13.7. The molecule has 1 aromatic heterocycles. The van der Waals surface area contributed by atoms with Crippen molar-refractivity contribution in [1.82, 2.24) is 4.98 Å². The van der Waals surface area contributed by atoms with E-state index in [1.807, 2.05) is 24.0 Å². The SMILES string of the molecule is Cc1cccnc1N1CCC(F)(C=O)CC1. The van der Waals surface area contributed by atoms with E-state index in [1.54, 1.807) is 6.20 Å². The van der Waals surface area contributed by atoms with Gasteiger partial charge in [-0.25, -0.2) is 9.37 Å². The Morgan fingerprint density at radius 2 is 2.19 bits per heavy atom. The van der Waals surface area contributed by atoms with E-state index >= 15 is 0 Å². The van der Waals surface area contributed by atoms with Gasteiger partial charge in [-0.2, -0.15) is 0 Å². The first-order chi connectivity index (χ1) is 7.64. The van der Waals surface area contributed by atoms with Crippen LogP contribution in [0.5, 0.6) is 0 Å². The smallest absolute Gasteiger partial charge is 0.169 e. The topological polar surface area (TPSA) is 33.2 Å². The first kappa shape index (κ1) is 11.0. The number of anilines is 1. The average molecular weight is 222 g/mol. The zero-order chi connectivity index (χ0) is 11.6. The van der Waals surface area contributed by atoms with Gasteiger partial charge in [-0.15, -0.1) is 0 Å². The Hall–Kier alpha value is -1.45. The molecule has 0 amide bonds. The van der Waals surface area contributed by atoms with Crippen LogP contribution in [0.2, 0.25) is 0 Å². The third kappa shape index (κ3) is 2.05. The van der Waals surface area contributed by atoms with Gasteiger partial charge in [0.1, 0.15) is 5.82 Å². The first-order valence-electron chi connectivity index (χ1n) is 5.46. The summed E-state index contributed by atoms with van der Waals surface area (Å²) >= 11 is 0. The van der Waals surface area contributed by atoms with Crippen molar-refractivity contribution in [2.24, 2.45) is 0 Å². The van der Waals surface area contributed by atoms with Gasteiger partial charge in [-0.3, -0.25) is 4.79 Å². The number of aldehydes is 1. The molecule has 0 radical (unpaired) electrons. The summed E-state index contributed by atoms with van der Waals surface area (Å²) in [5, 5.41) is 0. The lowest BCUT2D eigenvalue weighted by Crippen LogP contribution is -2.43. The quantitative estimate of drug-likeness (QED) is 0.716. The summed E-state index contributed by atoms with van der Waals surface area (Å²) in [6, 6.07) is 3.87. The number of hydrogen-bond acceptors (Lipinski definition) is 3. The summed E-state index contributed by atoms with van der Waals surface area (Å²) in [4.78, 5) is 16.9. The van der Waals surface area contributed by atoms with Gasteiger partial charge < -0.3 is 4.90 Å². The molecule has 1 fully saturated rings. The molecule has 0 aromatic carbocycles. The molecule has 1 aromatic rings. The highest BCUT2D eigenvalue weighted by molar-refractivity contribution is 5.63. The molecular formula is C12H15FN2O. The van der Waals surface area contributed by atoms with E-state index < -0.39 is 5.67 Å². The van der Waals surface area contributed by atoms with Crippen LogP contribution < -0.4 is 4.90 Å². The van der Waals surface area contributed by atoms with Crippen molar-refractivity contribution in [2.45, 2.75) is 25.4 Å². The maximum absolute atomic E-state index is 13.7. The highest BCUT2D eigenvalue weighted by Gasteiger charge is 2.34. The summed E-state index contributed by atoms with van der Waals surface area (Å²) in [7, 11) is 0.